The van der Waals surface area contributed by atoms with Gasteiger partial charge in [-0.3, -0.25) is 0 Å². The Labute approximate surface area is 139 Å². The minimum Gasteiger partial charge on any atom is -0.375 e. The van der Waals surface area contributed by atoms with E-state index < -0.39 is 0 Å². The van der Waals surface area contributed by atoms with Crippen molar-refractivity contribution >= 4 is 5.69 Å². The van der Waals surface area contributed by atoms with Crippen LogP contribution in [0.2, 0.25) is 0 Å². The lowest BCUT2D eigenvalue weighted by atomic mass is 9.94. The van der Waals surface area contributed by atoms with Gasteiger partial charge in [0.25, 0.3) is 0 Å². The van der Waals surface area contributed by atoms with E-state index >= 15 is 0 Å². The van der Waals surface area contributed by atoms with Crippen molar-refractivity contribution < 1.29 is 0 Å². The van der Waals surface area contributed by atoms with Gasteiger partial charge in [-0.1, -0.05) is 27.7 Å². The zero-order valence-electron chi connectivity index (χ0n) is 15.3. The smallest absolute Gasteiger partial charge is 0.133 e. The van der Waals surface area contributed by atoms with Crippen molar-refractivity contribution in [3.63, 3.8) is 0 Å². The number of rotatable bonds is 4. The number of hydrogen-bond donors (Lipinski definition) is 0. The largest absolute Gasteiger partial charge is 0.375 e. The van der Waals surface area contributed by atoms with Crippen LogP contribution < -0.4 is 4.90 Å². The number of aromatic nitrogens is 4. The maximum atomic E-state index is 4.67. The first-order valence-corrected chi connectivity index (χ1v) is 8.00. The molecule has 5 nitrogen and oxygen atoms in total. The van der Waals surface area contributed by atoms with Crippen molar-refractivity contribution in [2.24, 2.45) is 0 Å². The first kappa shape index (κ1) is 17.3. The highest BCUT2D eigenvalue weighted by Gasteiger charge is 2.19. The van der Waals surface area contributed by atoms with Crippen LogP contribution in [0.5, 0.6) is 0 Å². The minimum atomic E-state index is -0.0278. The Hall–Kier alpha value is -2.04. The summed E-state index contributed by atoms with van der Waals surface area (Å²) >= 11 is 0. The SMILES string of the molecule is Cc1nc(C(C)(C)C)ncc1CC(C)c1ncc(N(C)C)cn1. The van der Waals surface area contributed by atoms with E-state index in [-0.39, 0.29) is 11.3 Å². The maximum Gasteiger partial charge on any atom is 0.133 e. The fraction of sp³-hybridized carbons (Fsp3) is 0.556. The van der Waals surface area contributed by atoms with E-state index in [4.69, 9.17) is 0 Å². The second-order valence-corrected chi connectivity index (χ2v) is 7.35. The van der Waals surface area contributed by atoms with Crippen molar-refractivity contribution in [2.45, 2.75) is 52.4 Å². The highest BCUT2D eigenvalue weighted by Crippen LogP contribution is 2.22. The Morgan fingerprint density at radius 3 is 2.13 bits per heavy atom. The third-order valence-corrected chi connectivity index (χ3v) is 3.89. The Kier molecular flexibility index (Phi) is 4.97. The highest BCUT2D eigenvalue weighted by molar-refractivity contribution is 5.39. The summed E-state index contributed by atoms with van der Waals surface area (Å²) in [6.07, 6.45) is 6.53. The Morgan fingerprint density at radius 1 is 1.04 bits per heavy atom. The third-order valence-electron chi connectivity index (χ3n) is 3.89. The minimum absolute atomic E-state index is 0.0278. The Balaban J connectivity index is 2.15. The van der Waals surface area contributed by atoms with Crippen molar-refractivity contribution in [3.05, 3.63) is 41.5 Å². The fourth-order valence-corrected chi connectivity index (χ4v) is 2.29. The van der Waals surface area contributed by atoms with Gasteiger partial charge in [-0.15, -0.1) is 0 Å². The molecule has 0 aliphatic rings. The maximum absolute atomic E-state index is 4.67. The van der Waals surface area contributed by atoms with Gasteiger partial charge in [-0.2, -0.15) is 0 Å². The molecule has 2 heterocycles. The summed E-state index contributed by atoms with van der Waals surface area (Å²) in [5, 5.41) is 0. The van der Waals surface area contributed by atoms with E-state index in [0.29, 0.717) is 0 Å². The fourth-order valence-electron chi connectivity index (χ4n) is 2.29. The molecular formula is C18H27N5. The molecular weight excluding hydrogens is 286 g/mol. The average Bonchev–Trinajstić information content (AvgIpc) is 2.48. The van der Waals surface area contributed by atoms with Gasteiger partial charge in [0.05, 0.1) is 18.1 Å². The molecule has 0 saturated heterocycles. The van der Waals surface area contributed by atoms with Crippen molar-refractivity contribution in [1.29, 1.82) is 0 Å². The molecule has 2 aromatic heterocycles. The average molecular weight is 313 g/mol. The molecule has 0 aliphatic heterocycles. The van der Waals surface area contributed by atoms with Crippen LogP contribution in [0.1, 0.15) is 56.5 Å². The van der Waals surface area contributed by atoms with Gasteiger partial charge in [0.15, 0.2) is 0 Å². The topological polar surface area (TPSA) is 54.8 Å². The number of hydrogen-bond acceptors (Lipinski definition) is 5. The molecule has 1 unspecified atom stereocenters. The van der Waals surface area contributed by atoms with Crippen molar-refractivity contribution in [1.82, 2.24) is 19.9 Å². The highest BCUT2D eigenvalue weighted by atomic mass is 15.1. The number of aryl methyl sites for hydroxylation is 1. The van der Waals surface area contributed by atoms with Crippen molar-refractivity contribution in [3.8, 4) is 0 Å². The van der Waals surface area contributed by atoms with E-state index in [9.17, 15) is 0 Å². The normalized spacial score (nSPS) is 13.0. The van der Waals surface area contributed by atoms with Crippen LogP contribution in [-0.4, -0.2) is 34.0 Å². The summed E-state index contributed by atoms with van der Waals surface area (Å²) in [6, 6.07) is 0. The van der Waals surface area contributed by atoms with E-state index in [1.54, 1.807) is 0 Å². The Morgan fingerprint density at radius 2 is 1.65 bits per heavy atom. The predicted octanol–water partition coefficient (Wildman–Crippen LogP) is 3.28. The summed E-state index contributed by atoms with van der Waals surface area (Å²) in [5.41, 5.74) is 3.18. The molecule has 0 saturated carbocycles. The van der Waals surface area contributed by atoms with E-state index in [0.717, 1.165) is 35.0 Å². The first-order chi connectivity index (χ1) is 10.7. The zero-order chi connectivity index (χ0) is 17.2. The number of anilines is 1. The lowest BCUT2D eigenvalue weighted by Crippen LogP contribution is -2.17. The quantitative estimate of drug-likeness (QED) is 0.867. The number of nitrogens with zero attached hydrogens (tertiary/aromatic N) is 5. The molecule has 0 aromatic carbocycles. The van der Waals surface area contributed by atoms with Crippen molar-refractivity contribution in [2.75, 3.05) is 19.0 Å². The zero-order valence-corrected chi connectivity index (χ0v) is 15.3. The molecule has 0 fully saturated rings. The molecule has 0 N–H and O–H groups in total. The molecule has 23 heavy (non-hydrogen) atoms. The summed E-state index contributed by atoms with van der Waals surface area (Å²) in [7, 11) is 3.97. The van der Waals surface area contributed by atoms with E-state index in [2.05, 4.69) is 54.6 Å². The van der Waals surface area contributed by atoms with Crippen LogP contribution in [0.25, 0.3) is 0 Å². The first-order valence-electron chi connectivity index (χ1n) is 8.00. The standard InChI is InChI=1S/C18H27N5/c1-12(16-19-10-15(11-20-16)23(6)7)8-14-9-21-17(18(3,4)5)22-13(14)2/h9-12H,8H2,1-7H3. The summed E-state index contributed by atoms with van der Waals surface area (Å²) in [6.45, 7) is 10.6. The molecule has 1 atom stereocenters. The second-order valence-electron chi connectivity index (χ2n) is 7.35. The van der Waals surface area contributed by atoms with Gasteiger partial charge in [-0.05, 0) is 18.9 Å². The molecule has 0 spiro atoms. The molecule has 2 aromatic rings. The van der Waals surface area contributed by atoms with Gasteiger partial charge >= 0.3 is 0 Å². The summed E-state index contributed by atoms with van der Waals surface area (Å²) in [4.78, 5) is 20.2. The monoisotopic (exact) mass is 313 g/mol. The second kappa shape index (κ2) is 6.60. The molecule has 0 radical (unpaired) electrons. The van der Waals surface area contributed by atoms with Crippen LogP contribution in [0.4, 0.5) is 5.69 Å². The third kappa shape index (κ3) is 4.24. The van der Waals surface area contributed by atoms with Crippen LogP contribution in [0.15, 0.2) is 18.6 Å². The molecule has 5 heteroatoms. The van der Waals surface area contributed by atoms with Gasteiger partial charge in [0.1, 0.15) is 11.6 Å². The van der Waals surface area contributed by atoms with Gasteiger partial charge < -0.3 is 4.90 Å². The molecule has 0 amide bonds. The molecule has 0 bridgehead atoms. The molecule has 124 valence electrons. The lowest BCUT2D eigenvalue weighted by molar-refractivity contribution is 0.540. The summed E-state index contributed by atoms with van der Waals surface area (Å²) in [5.74, 6) is 1.97. The van der Waals surface area contributed by atoms with E-state index in [1.807, 2.05) is 37.6 Å². The van der Waals surface area contributed by atoms with E-state index in [1.165, 1.54) is 0 Å². The molecule has 2 rings (SSSR count). The van der Waals surface area contributed by atoms with Crippen LogP contribution in [0.3, 0.4) is 0 Å². The Bertz CT molecular complexity index is 656. The van der Waals surface area contributed by atoms with Gasteiger partial charge in [-0.25, -0.2) is 19.9 Å². The molecule has 0 aliphatic carbocycles. The van der Waals surface area contributed by atoms with Crippen LogP contribution in [-0.2, 0) is 11.8 Å². The predicted molar refractivity (Wildman–Crippen MR) is 93.9 cm³/mol. The van der Waals surface area contributed by atoms with Crippen LogP contribution >= 0.6 is 0 Å². The van der Waals surface area contributed by atoms with Gasteiger partial charge in [0, 0.05) is 37.3 Å². The lowest BCUT2D eigenvalue weighted by Gasteiger charge is -2.19. The van der Waals surface area contributed by atoms with Gasteiger partial charge in [0.2, 0.25) is 0 Å². The van der Waals surface area contributed by atoms with Crippen LogP contribution in [0, 0.1) is 6.92 Å². The summed E-state index contributed by atoms with van der Waals surface area (Å²) < 4.78 is 0.